The molecule has 7 rings (SSSR count). The lowest BCUT2D eigenvalue weighted by molar-refractivity contribution is 0.413. The van der Waals surface area contributed by atoms with Gasteiger partial charge >= 0.3 is 0 Å². The SMILES string of the molecule is COc1cnc2c(Oc3ccc(Nc4nnc(-c5ccc6sc(C)nc6c5)c5ccccc45)cc3)ccnc2c1. The molecule has 0 unspecified atom stereocenters. The van der Waals surface area contributed by atoms with Crippen LogP contribution in [0.4, 0.5) is 11.5 Å². The fraction of sp³-hybridized carbons (Fsp3) is 0.0645. The molecule has 0 saturated carbocycles. The second-order valence-electron chi connectivity index (χ2n) is 9.16. The third-order valence-corrected chi connectivity index (χ3v) is 7.50. The summed E-state index contributed by atoms with van der Waals surface area (Å²) in [6.45, 7) is 2.02. The van der Waals surface area contributed by atoms with Gasteiger partial charge in [-0.1, -0.05) is 30.3 Å². The highest BCUT2D eigenvalue weighted by Gasteiger charge is 2.13. The smallest absolute Gasteiger partial charge is 0.161 e. The molecular formula is C31H22N6O2S. The Morgan fingerprint density at radius 2 is 1.65 bits per heavy atom. The van der Waals surface area contributed by atoms with Gasteiger partial charge in [-0.05, 0) is 43.3 Å². The van der Waals surface area contributed by atoms with Gasteiger partial charge in [-0.2, -0.15) is 0 Å². The minimum Gasteiger partial charge on any atom is -0.495 e. The second-order valence-corrected chi connectivity index (χ2v) is 10.4. The van der Waals surface area contributed by atoms with Gasteiger partial charge in [0.15, 0.2) is 11.6 Å². The van der Waals surface area contributed by atoms with Crippen LogP contribution in [0.1, 0.15) is 5.01 Å². The molecule has 0 fully saturated rings. The zero-order valence-electron chi connectivity index (χ0n) is 21.6. The number of anilines is 2. The summed E-state index contributed by atoms with van der Waals surface area (Å²) in [5.74, 6) is 2.62. The number of pyridine rings is 2. The number of ether oxygens (including phenoxy) is 2. The van der Waals surface area contributed by atoms with Gasteiger partial charge in [0.05, 0.1) is 34.0 Å². The van der Waals surface area contributed by atoms with Crippen molar-refractivity contribution in [3.05, 3.63) is 96.3 Å². The molecule has 0 spiro atoms. The lowest BCUT2D eigenvalue weighted by Gasteiger charge is -2.12. The van der Waals surface area contributed by atoms with E-state index in [1.807, 2.05) is 49.4 Å². The predicted octanol–water partition coefficient (Wildman–Crippen LogP) is 7.70. The van der Waals surface area contributed by atoms with Crippen molar-refractivity contribution in [2.24, 2.45) is 0 Å². The quantitative estimate of drug-likeness (QED) is 0.228. The van der Waals surface area contributed by atoms with Crippen molar-refractivity contribution in [3.63, 3.8) is 0 Å². The predicted molar refractivity (Wildman–Crippen MR) is 159 cm³/mol. The molecule has 1 N–H and O–H groups in total. The van der Waals surface area contributed by atoms with Gasteiger partial charge < -0.3 is 14.8 Å². The molecule has 0 atom stereocenters. The number of hydrogen-bond donors (Lipinski definition) is 1. The number of rotatable bonds is 6. The first kappa shape index (κ1) is 23.9. The molecule has 0 aliphatic carbocycles. The van der Waals surface area contributed by atoms with Crippen LogP contribution in [0, 0.1) is 6.92 Å². The fourth-order valence-corrected chi connectivity index (χ4v) is 5.46. The number of fused-ring (bicyclic) bond motifs is 3. The summed E-state index contributed by atoms with van der Waals surface area (Å²) in [4.78, 5) is 13.5. The van der Waals surface area contributed by atoms with Crippen LogP contribution in [-0.4, -0.2) is 32.3 Å². The van der Waals surface area contributed by atoms with Gasteiger partial charge in [-0.15, -0.1) is 21.5 Å². The van der Waals surface area contributed by atoms with Crippen molar-refractivity contribution in [2.45, 2.75) is 6.92 Å². The largest absolute Gasteiger partial charge is 0.495 e. The number of nitrogens with one attached hydrogen (secondary N) is 1. The lowest BCUT2D eigenvalue weighted by atomic mass is 10.0. The maximum absolute atomic E-state index is 6.13. The van der Waals surface area contributed by atoms with E-state index in [2.05, 4.69) is 60.8 Å². The molecule has 0 saturated heterocycles. The van der Waals surface area contributed by atoms with Crippen LogP contribution < -0.4 is 14.8 Å². The molecule has 0 radical (unpaired) electrons. The summed E-state index contributed by atoms with van der Waals surface area (Å²) in [7, 11) is 1.60. The third kappa shape index (κ3) is 4.42. The Morgan fingerprint density at radius 3 is 2.50 bits per heavy atom. The molecule has 194 valence electrons. The molecule has 7 aromatic rings. The van der Waals surface area contributed by atoms with Crippen molar-refractivity contribution in [1.82, 2.24) is 25.1 Å². The summed E-state index contributed by atoms with van der Waals surface area (Å²) >= 11 is 1.69. The first-order valence-electron chi connectivity index (χ1n) is 12.6. The van der Waals surface area contributed by atoms with Crippen molar-refractivity contribution in [3.8, 4) is 28.5 Å². The minimum atomic E-state index is 0.617. The Hall–Kier alpha value is -5.15. The number of nitrogens with zero attached hydrogens (tertiary/aromatic N) is 5. The van der Waals surface area contributed by atoms with Gasteiger partial charge in [0.25, 0.3) is 0 Å². The minimum absolute atomic E-state index is 0.617. The van der Waals surface area contributed by atoms with E-state index >= 15 is 0 Å². The average molecular weight is 543 g/mol. The van der Waals surface area contributed by atoms with Crippen LogP contribution in [0.5, 0.6) is 17.2 Å². The Balaban J connectivity index is 1.16. The van der Waals surface area contributed by atoms with E-state index in [1.54, 1.807) is 36.9 Å². The molecule has 9 heteroatoms. The van der Waals surface area contributed by atoms with Crippen LogP contribution >= 0.6 is 11.3 Å². The molecule has 0 aliphatic rings. The summed E-state index contributed by atoms with van der Waals surface area (Å²) < 4.78 is 12.6. The number of methoxy groups -OCH3 is 1. The van der Waals surface area contributed by atoms with Gasteiger partial charge in [-0.25, -0.2) is 9.97 Å². The van der Waals surface area contributed by atoms with Crippen molar-refractivity contribution in [1.29, 1.82) is 0 Å². The molecule has 0 amide bonds. The number of benzene rings is 3. The van der Waals surface area contributed by atoms with Gasteiger partial charge in [-0.3, -0.25) is 4.98 Å². The fourth-order valence-electron chi connectivity index (χ4n) is 4.65. The first-order chi connectivity index (χ1) is 19.6. The number of aryl methyl sites for hydroxylation is 1. The van der Waals surface area contributed by atoms with E-state index in [1.165, 1.54) is 0 Å². The third-order valence-electron chi connectivity index (χ3n) is 6.55. The zero-order chi connectivity index (χ0) is 27.1. The molecular weight excluding hydrogens is 520 g/mol. The Labute approximate surface area is 233 Å². The Bertz CT molecular complexity index is 2020. The van der Waals surface area contributed by atoms with E-state index in [-0.39, 0.29) is 0 Å². The maximum atomic E-state index is 6.13. The van der Waals surface area contributed by atoms with Crippen LogP contribution in [0.3, 0.4) is 0 Å². The second kappa shape index (κ2) is 9.87. The maximum Gasteiger partial charge on any atom is 0.161 e. The lowest BCUT2D eigenvalue weighted by Crippen LogP contribution is -1.99. The molecule has 40 heavy (non-hydrogen) atoms. The highest BCUT2D eigenvalue weighted by atomic mass is 32.1. The molecule has 0 bridgehead atoms. The molecule has 4 aromatic heterocycles. The van der Waals surface area contributed by atoms with Crippen molar-refractivity contribution >= 4 is 54.9 Å². The number of hydrogen-bond acceptors (Lipinski definition) is 9. The highest BCUT2D eigenvalue weighted by molar-refractivity contribution is 7.18. The van der Waals surface area contributed by atoms with Gasteiger partial charge in [0.2, 0.25) is 0 Å². The summed E-state index contributed by atoms with van der Waals surface area (Å²) in [6.07, 6.45) is 3.34. The van der Waals surface area contributed by atoms with Crippen LogP contribution in [0.2, 0.25) is 0 Å². The average Bonchev–Trinajstić information content (AvgIpc) is 3.37. The Kier molecular flexibility index (Phi) is 5.90. The van der Waals surface area contributed by atoms with Gasteiger partial charge in [0.1, 0.15) is 22.7 Å². The van der Waals surface area contributed by atoms with Gasteiger partial charge in [0, 0.05) is 40.4 Å². The summed E-state index contributed by atoms with van der Waals surface area (Å²) in [5.41, 5.74) is 5.02. The van der Waals surface area contributed by atoms with E-state index in [9.17, 15) is 0 Å². The molecule has 4 heterocycles. The van der Waals surface area contributed by atoms with E-state index in [4.69, 9.17) is 9.47 Å². The van der Waals surface area contributed by atoms with Crippen LogP contribution in [0.15, 0.2) is 91.3 Å². The molecule has 3 aromatic carbocycles. The molecule has 8 nitrogen and oxygen atoms in total. The van der Waals surface area contributed by atoms with Crippen molar-refractivity contribution < 1.29 is 9.47 Å². The summed E-state index contributed by atoms with van der Waals surface area (Å²) in [6, 6.07) is 25.7. The first-order valence-corrected chi connectivity index (χ1v) is 13.4. The van der Waals surface area contributed by atoms with E-state index in [0.717, 1.165) is 42.9 Å². The molecule has 0 aliphatic heterocycles. The van der Waals surface area contributed by atoms with Crippen LogP contribution in [-0.2, 0) is 0 Å². The van der Waals surface area contributed by atoms with Crippen molar-refractivity contribution in [2.75, 3.05) is 12.4 Å². The topological polar surface area (TPSA) is 94.9 Å². The van der Waals surface area contributed by atoms with E-state index in [0.29, 0.717) is 34.1 Å². The number of aromatic nitrogens is 5. The summed E-state index contributed by atoms with van der Waals surface area (Å²) in [5, 5.41) is 15.6. The highest BCUT2D eigenvalue weighted by Crippen LogP contribution is 2.34. The standard InChI is InChI=1S/C31H22N6O2S/c1-18-34-25-15-19(7-12-28(25)40-18)29-23-5-3-4-6-24(23)31(37-36-29)35-20-8-10-21(11-9-20)39-27-13-14-32-26-16-22(38-2)17-33-30(26)27/h3-17H,1-2H3,(H,35,37). The monoisotopic (exact) mass is 542 g/mol. The van der Waals surface area contributed by atoms with E-state index < -0.39 is 0 Å². The zero-order valence-corrected chi connectivity index (χ0v) is 22.4. The Morgan fingerprint density at radius 1 is 0.800 bits per heavy atom. The van der Waals surface area contributed by atoms with Crippen LogP contribution in [0.25, 0.3) is 43.3 Å². The normalized spacial score (nSPS) is 11.2. The number of thiazole rings is 1.